The van der Waals surface area contributed by atoms with Gasteiger partial charge in [-0.25, -0.2) is 9.59 Å². The normalized spacial score (nSPS) is 12.4. The number of rotatable bonds is 3. The average molecular weight is 300 g/mol. The summed E-state index contributed by atoms with van der Waals surface area (Å²) in [4.78, 5) is 23.1. The Kier molecular flexibility index (Phi) is 5.39. The lowest BCUT2D eigenvalue weighted by Gasteiger charge is -2.19. The molecule has 0 aromatic heterocycles. The molecule has 0 fully saturated rings. The van der Waals surface area contributed by atoms with E-state index < -0.39 is 23.8 Å². The van der Waals surface area contributed by atoms with E-state index in [0.717, 1.165) is 0 Å². The molecule has 0 saturated carbocycles. The van der Waals surface area contributed by atoms with Crippen LogP contribution < -0.4 is 5.32 Å². The fourth-order valence-corrected chi connectivity index (χ4v) is 1.42. The van der Waals surface area contributed by atoms with Gasteiger partial charge in [0.15, 0.2) is 0 Å². The highest BCUT2D eigenvalue weighted by atomic mass is 35.5. The number of benzene rings is 1. The molecule has 20 heavy (non-hydrogen) atoms. The first-order valence-electron chi connectivity index (χ1n) is 6.14. The van der Waals surface area contributed by atoms with Crippen LogP contribution in [0, 0.1) is 0 Å². The van der Waals surface area contributed by atoms with Crippen molar-refractivity contribution >= 4 is 29.4 Å². The largest absolute Gasteiger partial charge is 0.516 e. The maximum Gasteiger partial charge on any atom is 0.516 e. The molecule has 0 radical (unpaired) electrons. The minimum atomic E-state index is -1.01. The van der Waals surface area contributed by atoms with Gasteiger partial charge < -0.3 is 14.8 Å². The van der Waals surface area contributed by atoms with Gasteiger partial charge in [-0.05, 0) is 52.0 Å². The maximum atomic E-state index is 11.7. The van der Waals surface area contributed by atoms with Gasteiger partial charge in [0.05, 0.1) is 0 Å². The zero-order chi connectivity index (χ0) is 15.3. The van der Waals surface area contributed by atoms with Gasteiger partial charge in [-0.3, -0.25) is 0 Å². The second-order valence-corrected chi connectivity index (χ2v) is 5.69. The molecule has 0 aliphatic carbocycles. The summed E-state index contributed by atoms with van der Waals surface area (Å²) in [6.07, 6.45) is -1.01. The van der Waals surface area contributed by atoms with Gasteiger partial charge in [-0.1, -0.05) is 11.6 Å². The predicted octanol–water partition coefficient (Wildman–Crippen LogP) is 3.62. The van der Waals surface area contributed by atoms with Crippen molar-refractivity contribution in [2.45, 2.75) is 39.3 Å². The molecule has 0 bridgehead atoms. The third-order valence-electron chi connectivity index (χ3n) is 2.15. The van der Waals surface area contributed by atoms with Crippen LogP contribution in [0.4, 0.5) is 10.5 Å². The third kappa shape index (κ3) is 5.93. The minimum Gasteiger partial charge on any atom is -0.428 e. The Bertz CT molecular complexity index is 479. The minimum absolute atomic E-state index is 0.597. The summed E-state index contributed by atoms with van der Waals surface area (Å²) >= 11 is 5.76. The van der Waals surface area contributed by atoms with Gasteiger partial charge in [-0.2, -0.15) is 0 Å². The summed E-state index contributed by atoms with van der Waals surface area (Å²) in [7, 11) is 0. The summed E-state index contributed by atoms with van der Waals surface area (Å²) in [6.45, 7) is 6.65. The van der Waals surface area contributed by atoms with Crippen molar-refractivity contribution in [1.82, 2.24) is 0 Å². The number of ether oxygens (including phenoxy) is 2. The van der Waals surface area contributed by atoms with Gasteiger partial charge in [0.25, 0.3) is 0 Å². The van der Waals surface area contributed by atoms with Crippen LogP contribution in [0.15, 0.2) is 24.3 Å². The molecule has 0 unspecified atom stereocenters. The number of halogens is 1. The predicted molar refractivity (Wildman–Crippen MR) is 76.9 cm³/mol. The van der Waals surface area contributed by atoms with Crippen LogP contribution in [0.1, 0.15) is 27.7 Å². The molecule has 1 N–H and O–H groups in total. The molecule has 0 saturated heterocycles. The molecule has 0 heterocycles. The SMILES string of the molecule is C[C@@H](Nc1ccc(Cl)cc1)C(=O)OC(=O)OC(C)(C)C. The van der Waals surface area contributed by atoms with Crippen LogP contribution in [-0.2, 0) is 14.3 Å². The summed E-state index contributed by atoms with van der Waals surface area (Å²) in [6, 6.07) is 6.13. The maximum absolute atomic E-state index is 11.7. The van der Waals surface area contributed by atoms with Crippen molar-refractivity contribution in [2.24, 2.45) is 0 Å². The van der Waals surface area contributed by atoms with E-state index >= 15 is 0 Å². The monoisotopic (exact) mass is 299 g/mol. The second-order valence-electron chi connectivity index (χ2n) is 5.26. The van der Waals surface area contributed by atoms with E-state index in [2.05, 4.69) is 10.1 Å². The zero-order valence-corrected chi connectivity index (χ0v) is 12.7. The van der Waals surface area contributed by atoms with Crippen LogP contribution in [0.25, 0.3) is 0 Å². The van der Waals surface area contributed by atoms with Crippen molar-refractivity contribution in [3.05, 3.63) is 29.3 Å². The van der Waals surface area contributed by atoms with E-state index in [1.54, 1.807) is 52.0 Å². The molecule has 0 aliphatic heterocycles. The van der Waals surface area contributed by atoms with Crippen LogP contribution in [0.5, 0.6) is 0 Å². The first kappa shape index (κ1) is 16.3. The first-order valence-corrected chi connectivity index (χ1v) is 6.52. The molecule has 1 aromatic carbocycles. The Balaban J connectivity index is 2.51. The van der Waals surface area contributed by atoms with E-state index in [1.807, 2.05) is 0 Å². The topological polar surface area (TPSA) is 64.6 Å². The highest BCUT2D eigenvalue weighted by Crippen LogP contribution is 2.15. The average Bonchev–Trinajstić information content (AvgIpc) is 2.29. The number of anilines is 1. The Labute approximate surface area is 123 Å². The number of esters is 1. The third-order valence-corrected chi connectivity index (χ3v) is 2.41. The molecule has 1 rings (SSSR count). The molecular weight excluding hydrogens is 282 g/mol. The van der Waals surface area contributed by atoms with Crippen LogP contribution in [0.2, 0.25) is 5.02 Å². The highest BCUT2D eigenvalue weighted by molar-refractivity contribution is 6.30. The van der Waals surface area contributed by atoms with Crippen molar-refractivity contribution < 1.29 is 19.1 Å². The summed E-state index contributed by atoms with van der Waals surface area (Å²) in [5.41, 5.74) is -0.00690. The van der Waals surface area contributed by atoms with Crippen LogP contribution in [0.3, 0.4) is 0 Å². The van der Waals surface area contributed by atoms with E-state index in [1.165, 1.54) is 0 Å². The highest BCUT2D eigenvalue weighted by Gasteiger charge is 2.23. The Morgan fingerprint density at radius 2 is 1.75 bits per heavy atom. The zero-order valence-electron chi connectivity index (χ0n) is 11.9. The molecule has 0 spiro atoms. The Morgan fingerprint density at radius 3 is 2.25 bits per heavy atom. The van der Waals surface area contributed by atoms with E-state index in [-0.39, 0.29) is 0 Å². The lowest BCUT2D eigenvalue weighted by Crippen LogP contribution is -2.33. The van der Waals surface area contributed by atoms with Crippen LogP contribution >= 0.6 is 11.6 Å². The molecule has 0 aliphatic rings. The van der Waals surface area contributed by atoms with Crippen molar-refractivity contribution in [2.75, 3.05) is 5.32 Å². The van der Waals surface area contributed by atoms with Crippen molar-refractivity contribution in [3.8, 4) is 0 Å². The Morgan fingerprint density at radius 1 is 1.20 bits per heavy atom. The standard InChI is InChI=1S/C14H18ClNO4/c1-9(16-11-7-5-10(15)6-8-11)12(17)19-13(18)20-14(2,3)4/h5-9,16H,1-4H3/t9-/m1/s1. The van der Waals surface area contributed by atoms with E-state index in [0.29, 0.717) is 10.7 Å². The molecule has 6 heteroatoms. The van der Waals surface area contributed by atoms with E-state index in [4.69, 9.17) is 16.3 Å². The lowest BCUT2D eigenvalue weighted by molar-refractivity contribution is -0.141. The Hall–Kier alpha value is -1.75. The summed E-state index contributed by atoms with van der Waals surface area (Å²) in [5.74, 6) is -0.714. The van der Waals surface area contributed by atoms with Gasteiger partial charge in [0, 0.05) is 10.7 Å². The summed E-state index contributed by atoms with van der Waals surface area (Å²) < 4.78 is 9.49. The van der Waals surface area contributed by atoms with Gasteiger partial charge >= 0.3 is 12.1 Å². The number of nitrogens with one attached hydrogen (secondary N) is 1. The number of carbonyl (C=O) groups is 2. The first-order chi connectivity index (χ1) is 9.17. The van der Waals surface area contributed by atoms with Gasteiger partial charge in [0.1, 0.15) is 11.6 Å². The smallest absolute Gasteiger partial charge is 0.428 e. The van der Waals surface area contributed by atoms with Crippen LogP contribution in [-0.4, -0.2) is 23.8 Å². The lowest BCUT2D eigenvalue weighted by atomic mass is 10.2. The quantitative estimate of drug-likeness (QED) is 0.682. The molecule has 1 aromatic rings. The number of hydrogen-bond donors (Lipinski definition) is 1. The molecular formula is C14H18ClNO4. The van der Waals surface area contributed by atoms with Crippen molar-refractivity contribution in [3.63, 3.8) is 0 Å². The van der Waals surface area contributed by atoms with Crippen molar-refractivity contribution in [1.29, 1.82) is 0 Å². The number of carbonyl (C=O) groups excluding carboxylic acids is 2. The van der Waals surface area contributed by atoms with E-state index in [9.17, 15) is 9.59 Å². The number of hydrogen-bond acceptors (Lipinski definition) is 5. The molecule has 0 amide bonds. The summed E-state index contributed by atoms with van der Waals surface area (Å²) in [5, 5.41) is 3.49. The molecule has 110 valence electrons. The molecule has 1 atom stereocenters. The fraction of sp³-hybridized carbons (Fsp3) is 0.429. The van der Waals surface area contributed by atoms with Gasteiger partial charge in [-0.15, -0.1) is 0 Å². The fourth-order valence-electron chi connectivity index (χ4n) is 1.30. The second kappa shape index (κ2) is 6.61. The van der Waals surface area contributed by atoms with Gasteiger partial charge in [0.2, 0.25) is 0 Å². The molecule has 5 nitrogen and oxygen atoms in total.